The number of amides is 1. The first-order chi connectivity index (χ1) is 10.8. The van der Waals surface area contributed by atoms with Crippen molar-refractivity contribution >= 4 is 21.6 Å². The Balaban J connectivity index is 1.94. The van der Waals surface area contributed by atoms with Gasteiger partial charge in [-0.3, -0.25) is 4.79 Å². The van der Waals surface area contributed by atoms with Gasteiger partial charge in [0.2, 0.25) is 10.0 Å². The quantitative estimate of drug-likeness (QED) is 0.816. The van der Waals surface area contributed by atoms with Gasteiger partial charge in [0.15, 0.2) is 0 Å². The van der Waals surface area contributed by atoms with Gasteiger partial charge in [0.25, 0.3) is 5.91 Å². The van der Waals surface area contributed by atoms with E-state index in [0.29, 0.717) is 12.1 Å². The number of benzene rings is 1. The molecule has 0 aromatic heterocycles. The average Bonchev–Trinajstić information content (AvgIpc) is 2.90. The molecular weight excluding hydrogens is 314 g/mol. The second kappa shape index (κ2) is 7.31. The van der Waals surface area contributed by atoms with E-state index in [-0.39, 0.29) is 17.9 Å². The summed E-state index contributed by atoms with van der Waals surface area (Å²) in [5, 5.41) is 2.93. The zero-order valence-electron chi connectivity index (χ0n) is 13.9. The highest BCUT2D eigenvalue weighted by atomic mass is 32.2. The Labute approximate surface area is 138 Å². The fourth-order valence-electron chi connectivity index (χ4n) is 2.96. The predicted molar refractivity (Wildman–Crippen MR) is 92.2 cm³/mol. The van der Waals surface area contributed by atoms with Crippen LogP contribution >= 0.6 is 0 Å². The lowest BCUT2D eigenvalue weighted by Gasteiger charge is -2.20. The number of carbonyl (C=O) groups excluding carboxylic acids is 1. The van der Waals surface area contributed by atoms with E-state index in [4.69, 9.17) is 0 Å². The Morgan fingerprint density at radius 1 is 1.30 bits per heavy atom. The largest absolute Gasteiger partial charge is 0.378 e. The molecule has 1 fully saturated rings. The first-order valence-electron chi connectivity index (χ1n) is 7.79. The second-order valence-electron chi connectivity index (χ2n) is 6.34. The molecule has 2 N–H and O–H groups in total. The van der Waals surface area contributed by atoms with Gasteiger partial charge in [-0.05, 0) is 37.0 Å². The molecule has 1 aliphatic rings. The minimum atomic E-state index is -3.21. The molecule has 0 saturated heterocycles. The second-order valence-corrected chi connectivity index (χ2v) is 8.12. The molecule has 0 spiro atoms. The lowest BCUT2D eigenvalue weighted by atomic mass is 10.0. The lowest BCUT2D eigenvalue weighted by molar-refractivity contribution is 0.0946. The van der Waals surface area contributed by atoms with Crippen molar-refractivity contribution in [2.24, 2.45) is 5.92 Å². The maximum absolute atomic E-state index is 12.3. The Kier molecular flexibility index (Phi) is 5.64. The predicted octanol–water partition coefficient (Wildman–Crippen LogP) is 1.20. The topological polar surface area (TPSA) is 78.5 Å². The van der Waals surface area contributed by atoms with Gasteiger partial charge in [-0.2, -0.15) is 0 Å². The van der Waals surface area contributed by atoms with E-state index in [1.165, 1.54) is 6.26 Å². The Hall–Kier alpha value is -1.60. The van der Waals surface area contributed by atoms with Crippen LogP contribution < -0.4 is 14.9 Å². The van der Waals surface area contributed by atoms with E-state index in [1.54, 1.807) is 6.07 Å². The Bertz CT molecular complexity index is 658. The molecule has 1 amide bonds. The average molecular weight is 339 g/mol. The Morgan fingerprint density at radius 3 is 2.70 bits per heavy atom. The van der Waals surface area contributed by atoms with Crippen molar-refractivity contribution < 1.29 is 13.2 Å². The molecule has 2 rings (SSSR count). The molecule has 1 aliphatic carbocycles. The van der Waals surface area contributed by atoms with Crippen molar-refractivity contribution in [3.63, 3.8) is 0 Å². The van der Waals surface area contributed by atoms with Crippen molar-refractivity contribution in [2.75, 3.05) is 31.8 Å². The number of sulfonamides is 1. The number of carbonyl (C=O) groups is 1. The third-order valence-corrected chi connectivity index (χ3v) is 4.90. The van der Waals surface area contributed by atoms with Crippen molar-refractivity contribution in [3.8, 4) is 0 Å². The van der Waals surface area contributed by atoms with Crippen LogP contribution in [0, 0.1) is 5.92 Å². The fraction of sp³-hybridized carbons (Fsp3) is 0.562. The lowest BCUT2D eigenvalue weighted by Crippen LogP contribution is -2.41. The van der Waals surface area contributed by atoms with Crippen LogP contribution in [0.5, 0.6) is 0 Å². The van der Waals surface area contributed by atoms with Crippen LogP contribution in [0.2, 0.25) is 0 Å². The summed E-state index contributed by atoms with van der Waals surface area (Å²) in [7, 11) is 0.641. The van der Waals surface area contributed by atoms with Crippen LogP contribution in [-0.4, -0.2) is 47.3 Å². The Morgan fingerprint density at radius 2 is 2.04 bits per heavy atom. The van der Waals surface area contributed by atoms with E-state index >= 15 is 0 Å². The standard InChI is InChI=1S/C16H25N3O3S/c1-19(2)14-8-4-6-12(10-14)16(20)17-11-13-7-5-9-15(13)18-23(3,21)22/h4,6,8,10,13,15,18H,5,7,9,11H2,1-3H3,(H,17,20). The summed E-state index contributed by atoms with van der Waals surface area (Å²) in [4.78, 5) is 14.2. The number of hydrogen-bond donors (Lipinski definition) is 2. The molecule has 2 unspecified atom stereocenters. The van der Waals surface area contributed by atoms with Crippen LogP contribution in [0.3, 0.4) is 0 Å². The number of anilines is 1. The highest BCUT2D eigenvalue weighted by molar-refractivity contribution is 7.88. The van der Waals surface area contributed by atoms with E-state index in [2.05, 4.69) is 10.0 Å². The summed E-state index contributed by atoms with van der Waals surface area (Å²) in [6.45, 7) is 0.484. The fourth-order valence-corrected chi connectivity index (χ4v) is 3.82. The first-order valence-corrected chi connectivity index (χ1v) is 9.68. The number of nitrogens with zero attached hydrogens (tertiary/aromatic N) is 1. The van der Waals surface area contributed by atoms with Gasteiger partial charge in [0.1, 0.15) is 0 Å². The highest BCUT2D eigenvalue weighted by Crippen LogP contribution is 2.25. The maximum Gasteiger partial charge on any atom is 0.251 e. The summed E-state index contributed by atoms with van der Waals surface area (Å²) in [6, 6.07) is 7.34. The van der Waals surface area contributed by atoms with Crippen LogP contribution in [0.4, 0.5) is 5.69 Å². The molecule has 128 valence electrons. The molecule has 1 aromatic carbocycles. The normalized spacial score (nSPS) is 21.2. The molecule has 0 heterocycles. The molecule has 0 bridgehead atoms. The summed E-state index contributed by atoms with van der Waals surface area (Å²) < 4.78 is 25.5. The SMILES string of the molecule is CN(C)c1cccc(C(=O)NCC2CCCC2NS(C)(=O)=O)c1. The smallest absolute Gasteiger partial charge is 0.251 e. The van der Waals surface area contributed by atoms with Gasteiger partial charge in [-0.25, -0.2) is 13.1 Å². The molecular formula is C16H25N3O3S. The number of hydrogen-bond acceptors (Lipinski definition) is 4. The molecule has 23 heavy (non-hydrogen) atoms. The monoisotopic (exact) mass is 339 g/mol. The summed E-state index contributed by atoms with van der Waals surface area (Å²) in [5.74, 6) is 0.0180. The number of rotatable bonds is 6. The zero-order valence-corrected chi connectivity index (χ0v) is 14.7. The van der Waals surface area contributed by atoms with Crippen LogP contribution in [-0.2, 0) is 10.0 Å². The summed E-state index contributed by atoms with van der Waals surface area (Å²) >= 11 is 0. The molecule has 6 nitrogen and oxygen atoms in total. The minimum Gasteiger partial charge on any atom is -0.378 e. The maximum atomic E-state index is 12.3. The van der Waals surface area contributed by atoms with E-state index < -0.39 is 10.0 Å². The van der Waals surface area contributed by atoms with Crippen molar-refractivity contribution in [1.82, 2.24) is 10.0 Å². The highest BCUT2D eigenvalue weighted by Gasteiger charge is 2.29. The van der Waals surface area contributed by atoms with Gasteiger partial charge >= 0.3 is 0 Å². The molecule has 1 saturated carbocycles. The van der Waals surface area contributed by atoms with Crippen LogP contribution in [0.15, 0.2) is 24.3 Å². The van der Waals surface area contributed by atoms with Crippen LogP contribution in [0.25, 0.3) is 0 Å². The van der Waals surface area contributed by atoms with E-state index in [0.717, 1.165) is 24.9 Å². The van der Waals surface area contributed by atoms with Crippen molar-refractivity contribution in [1.29, 1.82) is 0 Å². The molecule has 7 heteroatoms. The summed E-state index contributed by atoms with van der Waals surface area (Å²) in [5.41, 5.74) is 1.58. The van der Waals surface area contributed by atoms with Crippen molar-refractivity contribution in [3.05, 3.63) is 29.8 Å². The molecule has 2 atom stereocenters. The third kappa shape index (κ3) is 5.21. The van der Waals surface area contributed by atoms with Crippen LogP contribution in [0.1, 0.15) is 29.6 Å². The van der Waals surface area contributed by atoms with Crippen molar-refractivity contribution in [2.45, 2.75) is 25.3 Å². The van der Waals surface area contributed by atoms with Gasteiger partial charge < -0.3 is 10.2 Å². The van der Waals surface area contributed by atoms with Gasteiger partial charge in [-0.1, -0.05) is 12.5 Å². The zero-order chi connectivity index (χ0) is 17.0. The van der Waals surface area contributed by atoms with E-state index in [9.17, 15) is 13.2 Å². The molecule has 0 radical (unpaired) electrons. The number of nitrogens with one attached hydrogen (secondary N) is 2. The summed E-state index contributed by atoms with van der Waals surface area (Å²) in [6.07, 6.45) is 3.90. The first kappa shape index (κ1) is 17.7. The van der Waals surface area contributed by atoms with Gasteiger partial charge in [-0.15, -0.1) is 0 Å². The van der Waals surface area contributed by atoms with Gasteiger partial charge in [0.05, 0.1) is 6.26 Å². The minimum absolute atomic E-state index is 0.0848. The molecule has 0 aliphatic heterocycles. The van der Waals surface area contributed by atoms with E-state index in [1.807, 2.05) is 37.2 Å². The van der Waals surface area contributed by atoms with Gasteiger partial charge in [0, 0.05) is 37.9 Å². The molecule has 1 aromatic rings. The third-order valence-electron chi connectivity index (χ3n) is 4.17.